The van der Waals surface area contributed by atoms with Gasteiger partial charge in [-0.1, -0.05) is 97.1 Å². The van der Waals surface area contributed by atoms with Gasteiger partial charge < -0.3 is 29.9 Å². The minimum Gasteiger partial charge on any atom is -0.445 e. The number of anilines is 2. The fraction of sp³-hybridized carbons (Fsp3) is 0.286. The zero-order valence-corrected chi connectivity index (χ0v) is 29.1. The van der Waals surface area contributed by atoms with E-state index >= 15 is 0 Å². The van der Waals surface area contributed by atoms with Crippen molar-refractivity contribution in [1.82, 2.24) is 9.80 Å². The Morgan fingerprint density at radius 2 is 0.942 bits per heavy atom. The van der Waals surface area contributed by atoms with E-state index in [0.29, 0.717) is 24.5 Å². The number of amides is 4. The number of nitrogens with zero attached hydrogens (tertiary/aromatic N) is 2. The Balaban J connectivity index is 0.920. The SMILES string of the molecule is O=C(CC1CCCN1C(=O)OCc1ccccc1)Nc1ccc(/C=C/c2ccc(NC(=O)CC3CCCN3C(=O)OCc3ccccc3)cc2)cc1. The van der Waals surface area contributed by atoms with Crippen LogP contribution < -0.4 is 10.6 Å². The van der Waals surface area contributed by atoms with Gasteiger partial charge in [0.25, 0.3) is 0 Å². The summed E-state index contributed by atoms with van der Waals surface area (Å²) in [6.07, 6.45) is 6.79. The highest BCUT2D eigenvalue weighted by molar-refractivity contribution is 5.92. The standard InChI is InChI=1S/C42H44N4O6/c47-39(27-37-13-7-25-45(37)41(49)51-29-33-9-3-1-4-10-33)43-35-21-17-31(18-22-35)15-16-32-19-23-36(24-20-32)44-40(48)28-38-14-8-26-46(38)42(50)52-30-34-11-5-2-6-12-34/h1-6,9-12,15-24,37-38H,7-8,13-14,25-30H2,(H,43,47)(H,44,48)/b16-15+. The van der Waals surface area contributed by atoms with Crippen LogP contribution >= 0.6 is 0 Å². The molecule has 4 aromatic carbocycles. The second-order valence-corrected chi connectivity index (χ2v) is 13.1. The van der Waals surface area contributed by atoms with Crippen molar-refractivity contribution in [3.63, 3.8) is 0 Å². The summed E-state index contributed by atoms with van der Waals surface area (Å²) < 4.78 is 11.0. The number of benzene rings is 4. The molecule has 2 saturated heterocycles. The highest BCUT2D eigenvalue weighted by Gasteiger charge is 2.32. The molecule has 0 radical (unpaired) electrons. The monoisotopic (exact) mass is 700 g/mol. The number of rotatable bonds is 12. The molecule has 0 aliphatic carbocycles. The lowest BCUT2D eigenvalue weighted by Gasteiger charge is -2.23. The van der Waals surface area contributed by atoms with Crippen LogP contribution in [0.3, 0.4) is 0 Å². The summed E-state index contributed by atoms with van der Waals surface area (Å²) in [5.41, 5.74) is 5.13. The van der Waals surface area contributed by atoms with Gasteiger partial charge in [0.1, 0.15) is 13.2 Å². The summed E-state index contributed by atoms with van der Waals surface area (Å²) in [6.45, 7) is 1.58. The van der Waals surface area contributed by atoms with E-state index in [4.69, 9.17) is 9.47 Å². The molecule has 0 spiro atoms. The van der Waals surface area contributed by atoms with E-state index < -0.39 is 0 Å². The van der Waals surface area contributed by atoms with Gasteiger partial charge in [-0.05, 0) is 72.2 Å². The van der Waals surface area contributed by atoms with Gasteiger partial charge in [-0.25, -0.2) is 9.59 Å². The van der Waals surface area contributed by atoms with E-state index in [2.05, 4.69) is 10.6 Å². The summed E-state index contributed by atoms with van der Waals surface area (Å²) in [7, 11) is 0. The van der Waals surface area contributed by atoms with Crippen LogP contribution in [0.2, 0.25) is 0 Å². The molecule has 2 N–H and O–H groups in total. The van der Waals surface area contributed by atoms with Crippen LogP contribution in [0.1, 0.15) is 60.8 Å². The minimum absolute atomic E-state index is 0.148. The largest absolute Gasteiger partial charge is 0.445 e. The summed E-state index contributed by atoms with van der Waals surface area (Å²) >= 11 is 0. The molecule has 268 valence electrons. The molecule has 2 aliphatic rings. The Hall–Kier alpha value is -5.90. The topological polar surface area (TPSA) is 117 Å². The van der Waals surface area contributed by atoms with Crippen LogP contribution in [0.25, 0.3) is 12.2 Å². The highest BCUT2D eigenvalue weighted by atomic mass is 16.6. The van der Waals surface area contributed by atoms with Crippen LogP contribution in [0, 0.1) is 0 Å². The third-order valence-electron chi connectivity index (χ3n) is 9.33. The normalized spacial score (nSPS) is 16.8. The van der Waals surface area contributed by atoms with Crippen molar-refractivity contribution in [1.29, 1.82) is 0 Å². The van der Waals surface area contributed by atoms with Gasteiger partial charge >= 0.3 is 12.2 Å². The Labute approximate surface area is 304 Å². The smallest absolute Gasteiger partial charge is 0.410 e. The van der Waals surface area contributed by atoms with Gasteiger partial charge in [0, 0.05) is 49.4 Å². The molecule has 0 bridgehead atoms. The number of carbonyl (C=O) groups is 4. The maximum Gasteiger partial charge on any atom is 0.410 e. The van der Waals surface area contributed by atoms with Crippen LogP contribution in [0.4, 0.5) is 21.0 Å². The summed E-state index contributed by atoms with van der Waals surface area (Å²) in [6, 6.07) is 33.8. The van der Waals surface area contributed by atoms with E-state index in [1.165, 1.54) is 0 Å². The molecule has 2 heterocycles. The maximum atomic E-state index is 12.9. The van der Waals surface area contributed by atoms with E-state index in [0.717, 1.165) is 47.9 Å². The predicted octanol–water partition coefficient (Wildman–Crippen LogP) is 8.12. The lowest BCUT2D eigenvalue weighted by Crippen LogP contribution is -2.38. The lowest BCUT2D eigenvalue weighted by atomic mass is 10.1. The molecular weight excluding hydrogens is 656 g/mol. The van der Waals surface area contributed by atoms with Crippen LogP contribution in [-0.2, 0) is 32.3 Å². The van der Waals surface area contributed by atoms with Crippen molar-refractivity contribution < 1.29 is 28.7 Å². The number of hydrogen-bond donors (Lipinski definition) is 2. The summed E-state index contributed by atoms with van der Waals surface area (Å²) in [4.78, 5) is 54.4. The van der Waals surface area contributed by atoms with Crippen molar-refractivity contribution in [2.45, 2.75) is 63.8 Å². The number of ether oxygens (including phenoxy) is 2. The summed E-state index contributed by atoms with van der Waals surface area (Å²) in [5.74, 6) is -0.296. The van der Waals surface area contributed by atoms with Crippen molar-refractivity contribution in [3.8, 4) is 0 Å². The number of carbonyl (C=O) groups excluding carboxylic acids is 4. The molecular formula is C42H44N4O6. The number of likely N-dealkylation sites (tertiary alicyclic amines) is 2. The second-order valence-electron chi connectivity index (χ2n) is 13.1. The van der Waals surface area contributed by atoms with E-state index in [9.17, 15) is 19.2 Å². The van der Waals surface area contributed by atoms with Gasteiger partial charge in [-0.15, -0.1) is 0 Å². The molecule has 10 nitrogen and oxygen atoms in total. The number of nitrogens with one attached hydrogen (secondary N) is 2. The molecule has 52 heavy (non-hydrogen) atoms. The third-order valence-corrected chi connectivity index (χ3v) is 9.33. The first kappa shape index (κ1) is 35.9. The van der Waals surface area contributed by atoms with Crippen molar-refractivity contribution in [2.75, 3.05) is 23.7 Å². The zero-order valence-electron chi connectivity index (χ0n) is 29.1. The first-order valence-corrected chi connectivity index (χ1v) is 17.8. The lowest BCUT2D eigenvalue weighted by molar-refractivity contribution is -0.118. The first-order valence-electron chi connectivity index (χ1n) is 17.8. The molecule has 4 amide bonds. The molecule has 0 saturated carbocycles. The minimum atomic E-state index is -0.388. The highest BCUT2D eigenvalue weighted by Crippen LogP contribution is 2.24. The van der Waals surface area contributed by atoms with E-state index in [1.807, 2.05) is 121 Å². The molecule has 0 aromatic heterocycles. The quantitative estimate of drug-likeness (QED) is 0.144. The molecule has 2 aliphatic heterocycles. The third kappa shape index (κ3) is 10.3. The second kappa shape index (κ2) is 17.8. The van der Waals surface area contributed by atoms with Gasteiger partial charge in [0.15, 0.2) is 0 Å². The molecule has 10 heteroatoms. The molecule has 6 rings (SSSR count). The average molecular weight is 701 g/mol. The predicted molar refractivity (Wildman–Crippen MR) is 201 cm³/mol. The molecule has 2 fully saturated rings. The van der Waals surface area contributed by atoms with Crippen molar-refractivity contribution >= 4 is 47.5 Å². The maximum absolute atomic E-state index is 12.9. The van der Waals surface area contributed by atoms with Gasteiger partial charge in [-0.3, -0.25) is 9.59 Å². The van der Waals surface area contributed by atoms with Gasteiger partial charge in [-0.2, -0.15) is 0 Å². The average Bonchev–Trinajstić information content (AvgIpc) is 3.83. The Morgan fingerprint density at radius 1 is 0.558 bits per heavy atom. The summed E-state index contributed by atoms with van der Waals surface area (Å²) in [5, 5.41) is 5.90. The van der Waals surface area contributed by atoms with Crippen molar-refractivity contribution in [3.05, 3.63) is 131 Å². The van der Waals surface area contributed by atoms with E-state index in [1.54, 1.807) is 9.80 Å². The van der Waals surface area contributed by atoms with Crippen LogP contribution in [0.15, 0.2) is 109 Å². The van der Waals surface area contributed by atoms with E-state index in [-0.39, 0.29) is 62.1 Å². The Morgan fingerprint density at radius 3 is 1.33 bits per heavy atom. The Bertz CT molecular complexity index is 1700. The van der Waals surface area contributed by atoms with Gasteiger partial charge in [0.05, 0.1) is 0 Å². The number of hydrogen-bond acceptors (Lipinski definition) is 6. The Kier molecular flexibility index (Phi) is 12.3. The molecule has 2 atom stereocenters. The fourth-order valence-corrected chi connectivity index (χ4v) is 6.58. The van der Waals surface area contributed by atoms with Crippen LogP contribution in [0.5, 0.6) is 0 Å². The molecule has 4 aromatic rings. The zero-order chi connectivity index (χ0) is 36.1. The fourth-order valence-electron chi connectivity index (χ4n) is 6.58. The first-order chi connectivity index (χ1) is 25.4. The van der Waals surface area contributed by atoms with Gasteiger partial charge in [0.2, 0.25) is 11.8 Å². The van der Waals surface area contributed by atoms with Crippen molar-refractivity contribution in [2.24, 2.45) is 0 Å². The molecule has 2 unspecified atom stereocenters. The van der Waals surface area contributed by atoms with Crippen LogP contribution in [-0.4, -0.2) is 59.0 Å².